The van der Waals surface area contributed by atoms with Crippen LogP contribution in [0.2, 0.25) is 0 Å². The average Bonchev–Trinajstić information content (AvgIpc) is 3.60. The summed E-state index contributed by atoms with van der Waals surface area (Å²) < 4.78 is 66.4. The molecule has 0 saturated carbocycles. The molecule has 3 aliphatic heterocycles. The Hall–Kier alpha value is -3.75. The van der Waals surface area contributed by atoms with E-state index in [1.54, 1.807) is 17.0 Å². The normalized spacial score (nSPS) is 23.2. The molecule has 14 heteroatoms. The molecule has 2 unspecified atom stereocenters. The van der Waals surface area contributed by atoms with E-state index in [9.17, 15) is 31.9 Å². The number of fused-ring (bicyclic) bond motifs is 1. The zero-order valence-corrected chi connectivity index (χ0v) is 23.0. The van der Waals surface area contributed by atoms with Gasteiger partial charge in [-0.1, -0.05) is 18.2 Å². The van der Waals surface area contributed by atoms with Crippen molar-refractivity contribution in [1.29, 1.82) is 0 Å². The van der Waals surface area contributed by atoms with E-state index in [1.807, 2.05) is 6.07 Å². The average molecular weight is 594 g/mol. The maximum absolute atomic E-state index is 13.7. The lowest BCUT2D eigenvalue weighted by Gasteiger charge is -2.41. The van der Waals surface area contributed by atoms with Crippen molar-refractivity contribution in [2.45, 2.75) is 63.2 Å². The molecule has 4 amide bonds. The van der Waals surface area contributed by atoms with Crippen LogP contribution in [-0.2, 0) is 37.6 Å². The lowest BCUT2D eigenvalue weighted by molar-refractivity contribution is -0.285. The first-order valence-electron chi connectivity index (χ1n) is 13.5. The summed E-state index contributed by atoms with van der Waals surface area (Å²) in [6.07, 6.45) is -4.95. The summed E-state index contributed by atoms with van der Waals surface area (Å²) in [4.78, 5) is 39.1. The van der Waals surface area contributed by atoms with E-state index in [-0.39, 0.29) is 32.0 Å². The number of anilines is 1. The molecule has 226 valence electrons. The van der Waals surface area contributed by atoms with Crippen molar-refractivity contribution in [2.24, 2.45) is 0 Å². The van der Waals surface area contributed by atoms with Crippen LogP contribution in [0, 0.1) is 5.82 Å². The fraction of sp³-hybridized carbons (Fsp3) is 0.464. The Kier molecular flexibility index (Phi) is 8.14. The summed E-state index contributed by atoms with van der Waals surface area (Å²) in [5.74, 6) is -1.48. The SMILES string of the molecule is CNC(=O)CCNC(=O)Nc1ccc2c(c1)CC[C@@]21OC2OC1N2CC(=O)N(Cc1ccc(F)cc1)[C@@H](C)C(F)(F)F. The fourth-order valence-corrected chi connectivity index (χ4v) is 5.55. The predicted octanol–water partition coefficient (Wildman–Crippen LogP) is 3.18. The van der Waals surface area contributed by atoms with Gasteiger partial charge in [0.25, 0.3) is 0 Å². The van der Waals surface area contributed by atoms with Crippen molar-refractivity contribution < 1.29 is 41.4 Å². The monoisotopic (exact) mass is 593 g/mol. The van der Waals surface area contributed by atoms with E-state index in [2.05, 4.69) is 16.0 Å². The minimum Gasteiger partial charge on any atom is -0.359 e. The molecule has 2 aromatic rings. The van der Waals surface area contributed by atoms with Crippen LogP contribution in [0.3, 0.4) is 0 Å². The number of hydrogen-bond donors (Lipinski definition) is 3. The molecule has 1 aliphatic carbocycles. The first-order chi connectivity index (χ1) is 19.9. The number of carbonyl (C=O) groups excluding carboxylic acids is 3. The number of carbonyl (C=O) groups is 3. The summed E-state index contributed by atoms with van der Waals surface area (Å²) in [6, 6.07) is 7.76. The number of nitrogens with one attached hydrogen (secondary N) is 3. The van der Waals surface area contributed by atoms with Crippen molar-refractivity contribution in [3.63, 3.8) is 0 Å². The smallest absolute Gasteiger partial charge is 0.359 e. The van der Waals surface area contributed by atoms with Gasteiger partial charge in [0.1, 0.15) is 17.5 Å². The van der Waals surface area contributed by atoms with Crippen molar-refractivity contribution >= 4 is 23.5 Å². The Balaban J connectivity index is 1.25. The summed E-state index contributed by atoms with van der Waals surface area (Å²) in [6.45, 7) is 0.394. The van der Waals surface area contributed by atoms with Gasteiger partial charge < -0.3 is 30.3 Å². The second kappa shape index (κ2) is 11.5. The third-order valence-electron chi connectivity index (χ3n) is 7.87. The molecule has 0 radical (unpaired) electrons. The standard InChI is InChI=1S/C28H31F4N5O5/c1-16(28(30,31)32)36(14-17-3-5-19(29)6-4-17)23(39)15-37-24-27(42-26(37)41-24)11-9-18-13-20(7-8-21(18)27)35-25(40)34-12-10-22(38)33-2/h3-8,13,16,24,26H,9-12,14-15H2,1-2H3,(H,33,38)(H2,34,35,40)/t16-,24?,26?,27+/m0/s1. The highest BCUT2D eigenvalue weighted by Crippen LogP contribution is 2.56. The Labute approximate surface area is 239 Å². The summed E-state index contributed by atoms with van der Waals surface area (Å²) >= 11 is 0. The lowest BCUT2D eigenvalue weighted by Crippen LogP contribution is -2.59. The van der Waals surface area contributed by atoms with E-state index >= 15 is 0 Å². The summed E-state index contributed by atoms with van der Waals surface area (Å²) in [5.41, 5.74) is 1.74. The number of urea groups is 1. The molecule has 4 atom stereocenters. The van der Waals surface area contributed by atoms with Crippen LogP contribution in [0.4, 0.5) is 28.0 Å². The number of nitrogens with zero attached hydrogens (tertiary/aromatic N) is 2. The third-order valence-corrected chi connectivity index (χ3v) is 7.87. The zero-order chi connectivity index (χ0) is 30.2. The maximum Gasteiger partial charge on any atom is 0.408 e. The van der Waals surface area contributed by atoms with Gasteiger partial charge in [-0.25, -0.2) is 14.1 Å². The van der Waals surface area contributed by atoms with Gasteiger partial charge in [-0.3, -0.25) is 9.59 Å². The van der Waals surface area contributed by atoms with Crippen LogP contribution in [0.25, 0.3) is 0 Å². The Morgan fingerprint density at radius 1 is 1.17 bits per heavy atom. The third kappa shape index (κ3) is 5.78. The van der Waals surface area contributed by atoms with Gasteiger partial charge in [0, 0.05) is 32.2 Å². The Morgan fingerprint density at radius 2 is 1.90 bits per heavy atom. The van der Waals surface area contributed by atoms with E-state index in [1.165, 1.54) is 19.2 Å². The molecule has 1 spiro atoms. The van der Waals surface area contributed by atoms with Gasteiger partial charge in [0.2, 0.25) is 18.2 Å². The topological polar surface area (TPSA) is 112 Å². The second-order valence-electron chi connectivity index (χ2n) is 10.5. The maximum atomic E-state index is 13.7. The molecule has 4 aliphatic rings. The first-order valence-corrected chi connectivity index (χ1v) is 13.5. The molecule has 6 rings (SSSR count). The molecule has 2 aromatic carbocycles. The van der Waals surface area contributed by atoms with Crippen molar-refractivity contribution in [2.75, 3.05) is 25.5 Å². The van der Waals surface area contributed by atoms with Crippen LogP contribution in [0.5, 0.6) is 0 Å². The largest absolute Gasteiger partial charge is 0.408 e. The van der Waals surface area contributed by atoms with Gasteiger partial charge in [-0.2, -0.15) is 13.2 Å². The van der Waals surface area contributed by atoms with Gasteiger partial charge in [0.05, 0.1) is 6.54 Å². The molecule has 3 fully saturated rings. The molecule has 3 heterocycles. The molecular weight excluding hydrogens is 562 g/mol. The van der Waals surface area contributed by atoms with Crippen molar-refractivity contribution in [1.82, 2.24) is 20.4 Å². The highest BCUT2D eigenvalue weighted by Gasteiger charge is 2.66. The van der Waals surface area contributed by atoms with Crippen LogP contribution in [0.1, 0.15) is 36.5 Å². The fourth-order valence-electron chi connectivity index (χ4n) is 5.55. The molecule has 10 nitrogen and oxygen atoms in total. The van der Waals surface area contributed by atoms with Crippen molar-refractivity contribution in [3.05, 3.63) is 65.0 Å². The van der Waals surface area contributed by atoms with Crippen LogP contribution in [-0.4, -0.2) is 72.6 Å². The Morgan fingerprint density at radius 3 is 2.60 bits per heavy atom. The number of halogens is 4. The first kappa shape index (κ1) is 29.7. The van der Waals surface area contributed by atoms with E-state index in [0.717, 1.165) is 35.1 Å². The molecule has 3 N–H and O–H groups in total. The highest BCUT2D eigenvalue weighted by molar-refractivity contribution is 5.89. The van der Waals surface area contributed by atoms with Crippen LogP contribution < -0.4 is 16.0 Å². The molecule has 3 saturated heterocycles. The minimum absolute atomic E-state index is 0.147. The number of rotatable bonds is 9. The van der Waals surface area contributed by atoms with Crippen molar-refractivity contribution in [3.8, 4) is 0 Å². The van der Waals surface area contributed by atoms with Crippen LogP contribution >= 0.6 is 0 Å². The number of ether oxygens (including phenoxy) is 2. The minimum atomic E-state index is -4.66. The van der Waals surface area contributed by atoms with E-state index in [0.29, 0.717) is 24.1 Å². The second-order valence-corrected chi connectivity index (χ2v) is 10.5. The Bertz CT molecular complexity index is 1360. The summed E-state index contributed by atoms with van der Waals surface area (Å²) in [7, 11) is 1.51. The zero-order valence-electron chi connectivity index (χ0n) is 23.0. The number of benzene rings is 2. The van der Waals surface area contributed by atoms with E-state index in [4.69, 9.17) is 9.47 Å². The molecule has 0 aromatic heterocycles. The highest BCUT2D eigenvalue weighted by atomic mass is 19.4. The quantitative estimate of drug-likeness (QED) is 0.386. The van der Waals surface area contributed by atoms with Gasteiger partial charge in [0.15, 0.2) is 6.23 Å². The molecule has 42 heavy (non-hydrogen) atoms. The number of alkyl halides is 3. The lowest BCUT2D eigenvalue weighted by atomic mass is 9.93. The van der Waals surface area contributed by atoms with Gasteiger partial charge in [-0.05, 0) is 60.7 Å². The molecule has 2 bridgehead atoms. The molecular formula is C28H31F4N5O5. The number of aryl methyl sites for hydroxylation is 1. The number of hydrogen-bond acceptors (Lipinski definition) is 6. The van der Waals surface area contributed by atoms with Crippen LogP contribution in [0.15, 0.2) is 42.5 Å². The number of amides is 4. The summed E-state index contributed by atoms with van der Waals surface area (Å²) in [5, 5.41) is 7.81. The van der Waals surface area contributed by atoms with E-state index < -0.39 is 48.2 Å². The van der Waals surface area contributed by atoms with Gasteiger partial charge >= 0.3 is 12.2 Å². The van der Waals surface area contributed by atoms with Gasteiger partial charge in [-0.15, -0.1) is 0 Å². The predicted molar refractivity (Wildman–Crippen MR) is 141 cm³/mol.